The molecule has 122 valence electrons. The summed E-state index contributed by atoms with van der Waals surface area (Å²) in [6, 6.07) is 11.7. The first-order chi connectivity index (χ1) is 11.6. The number of rotatable bonds is 5. The number of fused-ring (bicyclic) bond motifs is 1. The third-order valence-corrected chi connectivity index (χ3v) is 3.51. The van der Waals surface area contributed by atoms with Crippen LogP contribution in [-0.4, -0.2) is 24.8 Å². The van der Waals surface area contributed by atoms with Crippen LogP contribution in [0.2, 0.25) is 0 Å². The minimum Gasteiger partial charge on any atom is -0.497 e. The van der Waals surface area contributed by atoms with Crippen molar-refractivity contribution in [3.05, 3.63) is 59.0 Å². The lowest BCUT2D eigenvalue weighted by Gasteiger charge is -2.06. The van der Waals surface area contributed by atoms with Crippen molar-refractivity contribution in [2.75, 3.05) is 13.7 Å². The molecule has 6 nitrogen and oxygen atoms in total. The van der Waals surface area contributed by atoms with E-state index in [4.69, 9.17) is 19.0 Å². The van der Waals surface area contributed by atoms with E-state index in [1.54, 1.807) is 43.5 Å². The van der Waals surface area contributed by atoms with E-state index in [0.717, 1.165) is 5.56 Å². The molecule has 1 heterocycles. The van der Waals surface area contributed by atoms with E-state index >= 15 is 0 Å². The van der Waals surface area contributed by atoms with Gasteiger partial charge in [0.2, 0.25) is 0 Å². The maximum atomic E-state index is 12.6. The zero-order chi connectivity index (χ0) is 17.1. The van der Waals surface area contributed by atoms with Crippen LogP contribution in [0.15, 0.2) is 57.9 Å². The summed E-state index contributed by atoms with van der Waals surface area (Å²) in [7, 11) is 1.57. The molecule has 0 bridgehead atoms. The Morgan fingerprint density at radius 3 is 2.50 bits per heavy atom. The molecule has 6 heteroatoms. The second-order valence-corrected chi connectivity index (χ2v) is 5.05. The third-order valence-electron chi connectivity index (χ3n) is 3.51. The lowest BCUT2D eigenvalue weighted by atomic mass is 10.1. The van der Waals surface area contributed by atoms with Gasteiger partial charge in [-0.1, -0.05) is 12.1 Å². The van der Waals surface area contributed by atoms with Gasteiger partial charge in [0.15, 0.2) is 12.0 Å². The van der Waals surface area contributed by atoms with Gasteiger partial charge in [-0.2, -0.15) is 0 Å². The summed E-state index contributed by atoms with van der Waals surface area (Å²) in [5, 5.41) is 9.02. The van der Waals surface area contributed by atoms with Gasteiger partial charge in [0.25, 0.3) is 0 Å². The van der Waals surface area contributed by atoms with Gasteiger partial charge in [0.1, 0.15) is 23.3 Å². The summed E-state index contributed by atoms with van der Waals surface area (Å²) in [5.74, 6) is -0.0548. The Balaban J connectivity index is 1.99. The summed E-state index contributed by atoms with van der Waals surface area (Å²) in [6.45, 7) is -0.459. The molecule has 0 unspecified atom stereocenters. The average molecular weight is 326 g/mol. The van der Waals surface area contributed by atoms with Crippen LogP contribution in [0.3, 0.4) is 0 Å². The van der Waals surface area contributed by atoms with E-state index in [9.17, 15) is 9.59 Å². The van der Waals surface area contributed by atoms with Crippen molar-refractivity contribution in [1.29, 1.82) is 0 Å². The molecule has 0 atom stereocenters. The van der Waals surface area contributed by atoms with Gasteiger partial charge in [-0.25, -0.2) is 4.79 Å². The summed E-state index contributed by atoms with van der Waals surface area (Å²) in [5.41, 5.74) is 1.31. The quantitative estimate of drug-likeness (QED) is 0.776. The fourth-order valence-electron chi connectivity index (χ4n) is 2.31. The molecule has 0 spiro atoms. The summed E-state index contributed by atoms with van der Waals surface area (Å²) >= 11 is 0. The molecule has 1 N–H and O–H groups in total. The zero-order valence-corrected chi connectivity index (χ0v) is 12.8. The van der Waals surface area contributed by atoms with Gasteiger partial charge in [0.05, 0.1) is 18.1 Å². The molecule has 1 aromatic heterocycles. The van der Waals surface area contributed by atoms with Gasteiger partial charge < -0.3 is 19.0 Å². The molecule has 0 saturated heterocycles. The van der Waals surface area contributed by atoms with E-state index < -0.39 is 12.6 Å². The lowest BCUT2D eigenvalue weighted by molar-refractivity contribution is -0.139. The highest BCUT2D eigenvalue weighted by Gasteiger charge is 2.10. The van der Waals surface area contributed by atoms with E-state index in [-0.39, 0.29) is 5.43 Å². The topological polar surface area (TPSA) is 86.0 Å². The monoisotopic (exact) mass is 326 g/mol. The number of carboxylic acid groups (broad SMARTS) is 1. The van der Waals surface area contributed by atoms with Crippen molar-refractivity contribution in [2.24, 2.45) is 0 Å². The molecular formula is C18H14O6. The highest BCUT2D eigenvalue weighted by Crippen LogP contribution is 2.24. The zero-order valence-electron chi connectivity index (χ0n) is 12.8. The Hall–Kier alpha value is -3.28. The number of ether oxygens (including phenoxy) is 2. The van der Waals surface area contributed by atoms with Gasteiger partial charge in [-0.15, -0.1) is 0 Å². The third kappa shape index (κ3) is 3.08. The Kier molecular flexibility index (Phi) is 4.20. The largest absolute Gasteiger partial charge is 0.497 e. The first-order valence-corrected chi connectivity index (χ1v) is 7.13. The summed E-state index contributed by atoms with van der Waals surface area (Å²) < 4.78 is 15.7. The molecular weight excluding hydrogens is 312 g/mol. The van der Waals surface area contributed by atoms with Crippen LogP contribution in [0.4, 0.5) is 0 Å². The summed E-state index contributed by atoms with van der Waals surface area (Å²) in [6.07, 6.45) is 1.38. The molecule has 3 aromatic rings. The highest BCUT2D eigenvalue weighted by atomic mass is 16.5. The molecule has 0 radical (unpaired) electrons. The molecule has 24 heavy (non-hydrogen) atoms. The van der Waals surface area contributed by atoms with E-state index in [1.165, 1.54) is 12.3 Å². The highest BCUT2D eigenvalue weighted by molar-refractivity contribution is 5.82. The van der Waals surface area contributed by atoms with Crippen LogP contribution in [0, 0.1) is 0 Å². The van der Waals surface area contributed by atoms with Crippen LogP contribution in [0.1, 0.15) is 0 Å². The standard InChI is InChI=1S/C18H14O6/c1-22-12-4-2-11(3-5-12)15-9-24-16-8-13(23-10-17(19)20)6-7-14(16)18(15)21/h2-9H,10H2,1H3,(H,19,20). The molecule has 0 aliphatic carbocycles. The van der Waals surface area contributed by atoms with E-state index in [2.05, 4.69) is 0 Å². The number of hydrogen-bond acceptors (Lipinski definition) is 5. The van der Waals surface area contributed by atoms with E-state index in [0.29, 0.717) is 28.0 Å². The van der Waals surface area contributed by atoms with Gasteiger partial charge >= 0.3 is 5.97 Å². The molecule has 0 aliphatic rings. The Morgan fingerprint density at radius 2 is 1.83 bits per heavy atom. The van der Waals surface area contributed by atoms with Crippen LogP contribution < -0.4 is 14.9 Å². The Morgan fingerprint density at radius 1 is 1.12 bits per heavy atom. The lowest BCUT2D eigenvalue weighted by Crippen LogP contribution is -2.09. The SMILES string of the molecule is COc1ccc(-c2coc3cc(OCC(=O)O)ccc3c2=O)cc1. The molecule has 2 aromatic carbocycles. The van der Waals surface area contributed by atoms with Crippen LogP contribution in [0.25, 0.3) is 22.1 Å². The normalized spacial score (nSPS) is 10.5. The molecule has 0 fully saturated rings. The number of benzene rings is 2. The van der Waals surface area contributed by atoms with Gasteiger partial charge in [0, 0.05) is 6.07 Å². The molecule has 3 rings (SSSR count). The average Bonchev–Trinajstić information content (AvgIpc) is 2.60. The summed E-state index contributed by atoms with van der Waals surface area (Å²) in [4.78, 5) is 23.2. The molecule has 0 saturated carbocycles. The smallest absolute Gasteiger partial charge is 0.341 e. The second-order valence-electron chi connectivity index (χ2n) is 5.05. The fraction of sp³-hybridized carbons (Fsp3) is 0.111. The fourth-order valence-corrected chi connectivity index (χ4v) is 2.31. The predicted molar refractivity (Wildman–Crippen MR) is 87.6 cm³/mol. The maximum Gasteiger partial charge on any atom is 0.341 e. The first kappa shape index (κ1) is 15.6. The van der Waals surface area contributed by atoms with E-state index in [1.807, 2.05) is 0 Å². The second kappa shape index (κ2) is 6.45. The minimum absolute atomic E-state index is 0.175. The number of carbonyl (C=O) groups is 1. The maximum absolute atomic E-state index is 12.6. The number of hydrogen-bond donors (Lipinski definition) is 1. The number of methoxy groups -OCH3 is 1. The van der Waals surface area contributed by atoms with Crippen LogP contribution >= 0.6 is 0 Å². The Bertz CT molecular complexity index is 940. The van der Waals surface area contributed by atoms with Crippen molar-refractivity contribution < 1.29 is 23.8 Å². The van der Waals surface area contributed by atoms with Crippen molar-refractivity contribution in [1.82, 2.24) is 0 Å². The van der Waals surface area contributed by atoms with Crippen LogP contribution in [0.5, 0.6) is 11.5 Å². The van der Waals surface area contributed by atoms with Gasteiger partial charge in [-0.05, 0) is 29.8 Å². The Labute approximate surface area is 136 Å². The first-order valence-electron chi connectivity index (χ1n) is 7.13. The van der Waals surface area contributed by atoms with Crippen molar-refractivity contribution in [3.8, 4) is 22.6 Å². The molecule has 0 amide bonds. The number of carboxylic acids is 1. The molecule has 0 aliphatic heterocycles. The number of aliphatic carboxylic acids is 1. The van der Waals surface area contributed by atoms with Crippen LogP contribution in [-0.2, 0) is 4.79 Å². The van der Waals surface area contributed by atoms with Gasteiger partial charge in [-0.3, -0.25) is 4.79 Å². The van der Waals surface area contributed by atoms with Crippen molar-refractivity contribution in [3.63, 3.8) is 0 Å². The van der Waals surface area contributed by atoms with Crippen molar-refractivity contribution >= 4 is 16.9 Å². The predicted octanol–water partition coefficient (Wildman–Crippen LogP) is 2.93. The minimum atomic E-state index is -1.08. The van der Waals surface area contributed by atoms with Crippen molar-refractivity contribution in [2.45, 2.75) is 0 Å².